The molecule has 1 fully saturated rings. The van der Waals surface area contributed by atoms with Gasteiger partial charge in [0, 0.05) is 11.9 Å². The van der Waals surface area contributed by atoms with E-state index in [9.17, 15) is 13.2 Å². The molecule has 1 N–H and O–H groups in total. The molecule has 0 bridgehead atoms. The van der Waals surface area contributed by atoms with E-state index >= 15 is 0 Å². The van der Waals surface area contributed by atoms with Crippen molar-refractivity contribution in [3.05, 3.63) is 23.9 Å². The summed E-state index contributed by atoms with van der Waals surface area (Å²) in [7, 11) is 0. The molecule has 1 aliphatic carbocycles. The van der Waals surface area contributed by atoms with E-state index in [4.69, 9.17) is 0 Å². The van der Waals surface area contributed by atoms with Crippen LogP contribution in [-0.4, -0.2) is 10.7 Å². The molecule has 1 aliphatic rings. The van der Waals surface area contributed by atoms with Crippen LogP contribution >= 0.6 is 0 Å². The molecule has 1 aromatic rings. The number of hydrogen-bond donors (Lipinski definition) is 1. The quantitative estimate of drug-likeness (QED) is 0.803. The number of pyridine rings is 1. The highest BCUT2D eigenvalue weighted by Crippen LogP contribution is 2.37. The van der Waals surface area contributed by atoms with E-state index in [2.05, 4.69) is 36.3 Å². The van der Waals surface area contributed by atoms with Crippen LogP contribution in [0.1, 0.15) is 45.6 Å². The number of anilines is 1. The number of hydrazone groups is 1. The molecule has 0 spiro atoms. The van der Waals surface area contributed by atoms with E-state index in [1.165, 1.54) is 6.07 Å². The number of halogens is 3. The summed E-state index contributed by atoms with van der Waals surface area (Å²) in [6.45, 7) is 6.59. The van der Waals surface area contributed by atoms with Crippen LogP contribution in [0.3, 0.4) is 0 Å². The van der Waals surface area contributed by atoms with Crippen LogP contribution < -0.4 is 5.43 Å². The number of nitrogens with one attached hydrogen (secondary N) is 1. The zero-order valence-electron chi connectivity index (χ0n) is 12.5. The Kier molecular flexibility index (Phi) is 4.25. The summed E-state index contributed by atoms with van der Waals surface area (Å²) < 4.78 is 37.3. The lowest BCUT2D eigenvalue weighted by atomic mass is 9.72. The van der Waals surface area contributed by atoms with Crippen LogP contribution in [0.2, 0.25) is 0 Å². The molecule has 1 aromatic heterocycles. The summed E-state index contributed by atoms with van der Waals surface area (Å²) in [6, 6.07) is 2.30. The first kappa shape index (κ1) is 15.8. The number of alkyl halides is 3. The van der Waals surface area contributed by atoms with Crippen molar-refractivity contribution in [3.8, 4) is 0 Å². The van der Waals surface area contributed by atoms with E-state index in [1.807, 2.05) is 0 Å². The first-order valence-electron chi connectivity index (χ1n) is 7.00. The maximum absolute atomic E-state index is 12.4. The lowest BCUT2D eigenvalue weighted by Gasteiger charge is -2.34. The molecule has 1 atom stereocenters. The number of aromatic nitrogens is 1. The van der Waals surface area contributed by atoms with Crippen molar-refractivity contribution in [3.63, 3.8) is 0 Å². The van der Waals surface area contributed by atoms with Crippen molar-refractivity contribution in [2.75, 3.05) is 5.43 Å². The van der Waals surface area contributed by atoms with Crippen molar-refractivity contribution in [2.45, 2.75) is 46.2 Å². The Bertz CT molecular complexity index is 518. The van der Waals surface area contributed by atoms with Crippen LogP contribution in [-0.2, 0) is 6.18 Å². The molecule has 6 heteroatoms. The van der Waals surface area contributed by atoms with Gasteiger partial charge in [-0.15, -0.1) is 0 Å². The summed E-state index contributed by atoms with van der Waals surface area (Å²) in [5.41, 5.74) is 3.26. The van der Waals surface area contributed by atoms with Gasteiger partial charge in [-0.25, -0.2) is 4.98 Å². The van der Waals surface area contributed by atoms with Crippen LogP contribution in [0.25, 0.3) is 0 Å². The normalized spacial score (nSPS) is 24.1. The fraction of sp³-hybridized carbons (Fsp3) is 0.600. The van der Waals surface area contributed by atoms with Crippen LogP contribution in [0.4, 0.5) is 19.0 Å². The molecule has 116 valence electrons. The molecule has 0 saturated heterocycles. The highest BCUT2D eigenvalue weighted by Gasteiger charge is 2.31. The van der Waals surface area contributed by atoms with E-state index < -0.39 is 11.7 Å². The van der Waals surface area contributed by atoms with E-state index in [0.29, 0.717) is 11.7 Å². The van der Waals surface area contributed by atoms with Crippen molar-refractivity contribution in [2.24, 2.45) is 16.4 Å². The molecular weight excluding hydrogens is 279 g/mol. The lowest BCUT2D eigenvalue weighted by Crippen LogP contribution is -2.28. The fourth-order valence-corrected chi connectivity index (χ4v) is 2.96. The number of nitrogens with zero attached hydrogens (tertiary/aromatic N) is 2. The lowest BCUT2D eigenvalue weighted by molar-refractivity contribution is -0.137. The Labute approximate surface area is 122 Å². The molecule has 3 nitrogen and oxygen atoms in total. The Morgan fingerprint density at radius 1 is 1.33 bits per heavy atom. The summed E-state index contributed by atoms with van der Waals surface area (Å²) in [5, 5.41) is 4.31. The second-order valence-corrected chi connectivity index (χ2v) is 6.57. The molecular formula is C15H20F3N3. The van der Waals surface area contributed by atoms with Gasteiger partial charge in [-0.05, 0) is 42.7 Å². The highest BCUT2D eigenvalue weighted by atomic mass is 19.4. The molecule has 0 radical (unpaired) electrons. The van der Waals surface area contributed by atoms with Crippen molar-refractivity contribution >= 4 is 11.5 Å². The van der Waals surface area contributed by atoms with E-state index in [-0.39, 0.29) is 5.41 Å². The third kappa shape index (κ3) is 4.44. The van der Waals surface area contributed by atoms with Gasteiger partial charge in [0.05, 0.1) is 5.56 Å². The van der Waals surface area contributed by atoms with Gasteiger partial charge >= 0.3 is 6.18 Å². The topological polar surface area (TPSA) is 37.3 Å². The predicted octanol–water partition coefficient (Wildman–Crippen LogP) is 4.71. The number of hydrogen-bond acceptors (Lipinski definition) is 3. The Morgan fingerprint density at radius 3 is 2.57 bits per heavy atom. The minimum Gasteiger partial charge on any atom is -0.261 e. The van der Waals surface area contributed by atoms with Gasteiger partial charge < -0.3 is 0 Å². The van der Waals surface area contributed by atoms with Crippen LogP contribution in [0, 0.1) is 11.3 Å². The second kappa shape index (κ2) is 5.66. The van der Waals surface area contributed by atoms with Gasteiger partial charge in [0.2, 0.25) is 0 Å². The second-order valence-electron chi connectivity index (χ2n) is 6.57. The summed E-state index contributed by atoms with van der Waals surface area (Å²) >= 11 is 0. The van der Waals surface area contributed by atoms with Crippen molar-refractivity contribution in [1.82, 2.24) is 4.98 Å². The monoisotopic (exact) mass is 299 g/mol. The predicted molar refractivity (Wildman–Crippen MR) is 77.1 cm³/mol. The van der Waals surface area contributed by atoms with Gasteiger partial charge in [-0.3, -0.25) is 5.43 Å². The highest BCUT2D eigenvalue weighted by molar-refractivity contribution is 5.86. The van der Waals surface area contributed by atoms with Gasteiger partial charge in [0.25, 0.3) is 0 Å². The third-order valence-electron chi connectivity index (χ3n) is 3.59. The molecule has 21 heavy (non-hydrogen) atoms. The van der Waals surface area contributed by atoms with Gasteiger partial charge in [0.1, 0.15) is 5.82 Å². The van der Waals surface area contributed by atoms with E-state index in [1.54, 1.807) is 0 Å². The molecule has 1 saturated carbocycles. The number of rotatable bonds is 2. The first-order valence-corrected chi connectivity index (χ1v) is 7.00. The zero-order valence-corrected chi connectivity index (χ0v) is 12.5. The minimum absolute atomic E-state index is 0.214. The zero-order chi connectivity index (χ0) is 15.7. The molecule has 0 aromatic carbocycles. The smallest absolute Gasteiger partial charge is 0.261 e. The summed E-state index contributed by atoms with van der Waals surface area (Å²) in [4.78, 5) is 3.75. The molecule has 0 unspecified atom stereocenters. The van der Waals surface area contributed by atoms with Crippen LogP contribution in [0.15, 0.2) is 23.4 Å². The largest absolute Gasteiger partial charge is 0.417 e. The van der Waals surface area contributed by atoms with Crippen LogP contribution in [0.5, 0.6) is 0 Å². The molecule has 0 aliphatic heterocycles. The van der Waals surface area contributed by atoms with E-state index in [0.717, 1.165) is 37.2 Å². The standard InChI is InChI=1S/C15H20F3N3/c1-10-6-12(8-14(2,3)7-10)20-21-13-5-4-11(9-19-13)15(16,17)18/h4-5,9-10H,6-8H2,1-3H3,(H,19,21)/t10-/m0/s1. The van der Waals surface area contributed by atoms with Gasteiger partial charge in [-0.1, -0.05) is 20.8 Å². The van der Waals surface area contributed by atoms with Gasteiger partial charge in [0.15, 0.2) is 0 Å². The van der Waals surface area contributed by atoms with Crippen molar-refractivity contribution in [1.29, 1.82) is 0 Å². The third-order valence-corrected chi connectivity index (χ3v) is 3.59. The summed E-state index contributed by atoms with van der Waals surface area (Å²) in [6.07, 6.45) is -0.581. The Balaban J connectivity index is 2.03. The summed E-state index contributed by atoms with van der Waals surface area (Å²) in [5.74, 6) is 0.890. The minimum atomic E-state index is -4.36. The average molecular weight is 299 g/mol. The molecule has 2 rings (SSSR count). The fourth-order valence-electron chi connectivity index (χ4n) is 2.96. The maximum Gasteiger partial charge on any atom is 0.417 e. The molecule has 1 heterocycles. The molecule has 0 amide bonds. The van der Waals surface area contributed by atoms with Gasteiger partial charge in [-0.2, -0.15) is 18.3 Å². The first-order chi connectivity index (χ1) is 9.66. The SMILES string of the molecule is C[C@H]1CC(=NNc2ccc(C(F)(F)F)cn2)CC(C)(C)C1. The van der Waals surface area contributed by atoms with Crippen molar-refractivity contribution < 1.29 is 13.2 Å². The Morgan fingerprint density at radius 2 is 2.05 bits per heavy atom. The maximum atomic E-state index is 12.4. The Hall–Kier alpha value is -1.59. The average Bonchev–Trinajstić information content (AvgIpc) is 2.33.